The molecule has 1 amide bonds. The minimum atomic E-state index is -3.45. The maximum Gasteiger partial charge on any atom is 0.316 e. The Morgan fingerprint density at radius 2 is 1.88 bits per heavy atom. The number of piperidine rings is 1. The maximum atomic E-state index is 12.7. The third-order valence-corrected chi connectivity index (χ3v) is 8.65. The van der Waals surface area contributed by atoms with Gasteiger partial charge in [0.2, 0.25) is 21.1 Å². The summed E-state index contributed by atoms with van der Waals surface area (Å²) in [4.78, 5) is 23.9. The van der Waals surface area contributed by atoms with Crippen molar-refractivity contribution in [1.82, 2.24) is 14.5 Å². The number of sulfonamides is 1. The van der Waals surface area contributed by atoms with Crippen LogP contribution in [-0.4, -0.2) is 60.2 Å². The van der Waals surface area contributed by atoms with E-state index in [2.05, 4.69) is 15.5 Å². The number of nitrogens with zero attached hydrogens (tertiary/aromatic N) is 3. The van der Waals surface area contributed by atoms with Crippen molar-refractivity contribution in [2.24, 2.45) is 0 Å². The SMILES string of the molecule is CCOC(=O)CSc1nnc(NC(=O)CCc2ccc(S(=O)(=O)N3CCCCC3)cc2)s1. The summed E-state index contributed by atoms with van der Waals surface area (Å²) in [6.07, 6.45) is 3.55. The quantitative estimate of drug-likeness (QED) is 0.302. The van der Waals surface area contributed by atoms with Gasteiger partial charge in [-0.25, -0.2) is 8.42 Å². The first-order valence-electron chi connectivity index (χ1n) is 10.4. The molecule has 2 aromatic rings. The molecule has 32 heavy (non-hydrogen) atoms. The molecule has 3 rings (SSSR count). The number of thioether (sulfide) groups is 1. The van der Waals surface area contributed by atoms with Gasteiger partial charge in [0, 0.05) is 19.5 Å². The van der Waals surface area contributed by atoms with Crippen molar-refractivity contribution in [3.63, 3.8) is 0 Å². The molecule has 1 fully saturated rings. The molecular formula is C20H26N4O5S3. The van der Waals surface area contributed by atoms with E-state index in [0.29, 0.717) is 35.6 Å². The van der Waals surface area contributed by atoms with Crippen LogP contribution in [-0.2, 0) is 30.8 Å². The Labute approximate surface area is 196 Å². The number of anilines is 1. The second-order valence-corrected chi connectivity index (χ2v) is 11.3. The molecule has 2 heterocycles. The van der Waals surface area contributed by atoms with E-state index in [4.69, 9.17) is 4.74 Å². The van der Waals surface area contributed by atoms with Gasteiger partial charge < -0.3 is 10.1 Å². The number of amides is 1. The molecular weight excluding hydrogens is 472 g/mol. The highest BCUT2D eigenvalue weighted by Gasteiger charge is 2.25. The number of aromatic nitrogens is 2. The van der Waals surface area contributed by atoms with Gasteiger partial charge in [0.15, 0.2) is 4.34 Å². The summed E-state index contributed by atoms with van der Waals surface area (Å²) in [6.45, 7) is 3.21. The van der Waals surface area contributed by atoms with Gasteiger partial charge in [-0.2, -0.15) is 4.31 Å². The van der Waals surface area contributed by atoms with Crippen molar-refractivity contribution in [1.29, 1.82) is 0 Å². The van der Waals surface area contributed by atoms with Crippen LogP contribution in [0.25, 0.3) is 0 Å². The van der Waals surface area contributed by atoms with E-state index in [1.54, 1.807) is 35.5 Å². The molecule has 1 aliphatic heterocycles. The second kappa shape index (κ2) is 11.7. The normalized spacial score (nSPS) is 14.8. The zero-order valence-electron chi connectivity index (χ0n) is 17.8. The number of benzene rings is 1. The molecule has 1 N–H and O–H groups in total. The van der Waals surface area contributed by atoms with Crippen LogP contribution in [0.4, 0.5) is 5.13 Å². The summed E-state index contributed by atoms with van der Waals surface area (Å²) in [7, 11) is -3.45. The number of aryl methyl sites for hydroxylation is 1. The number of esters is 1. The summed E-state index contributed by atoms with van der Waals surface area (Å²) >= 11 is 2.40. The average Bonchev–Trinajstić information content (AvgIpc) is 3.24. The molecule has 0 unspecified atom stereocenters. The van der Waals surface area contributed by atoms with Crippen molar-refractivity contribution >= 4 is 50.1 Å². The number of hydrogen-bond acceptors (Lipinski definition) is 9. The van der Waals surface area contributed by atoms with E-state index >= 15 is 0 Å². The van der Waals surface area contributed by atoms with Gasteiger partial charge in [-0.15, -0.1) is 10.2 Å². The molecule has 0 spiro atoms. The zero-order chi connectivity index (χ0) is 23.0. The highest BCUT2D eigenvalue weighted by Crippen LogP contribution is 2.26. The van der Waals surface area contributed by atoms with Gasteiger partial charge in [-0.05, 0) is 43.9 Å². The van der Waals surface area contributed by atoms with Crippen LogP contribution in [0.5, 0.6) is 0 Å². The highest BCUT2D eigenvalue weighted by atomic mass is 32.2. The van der Waals surface area contributed by atoms with Gasteiger partial charge in [-0.1, -0.05) is 41.7 Å². The van der Waals surface area contributed by atoms with Crippen LogP contribution in [0.3, 0.4) is 0 Å². The van der Waals surface area contributed by atoms with E-state index in [1.165, 1.54) is 23.1 Å². The average molecular weight is 499 g/mol. The van der Waals surface area contributed by atoms with Crippen LogP contribution in [0.2, 0.25) is 0 Å². The Kier molecular flexibility index (Phi) is 9.02. The van der Waals surface area contributed by atoms with Crippen LogP contribution in [0.1, 0.15) is 38.2 Å². The first-order valence-corrected chi connectivity index (χ1v) is 13.6. The molecule has 0 aliphatic carbocycles. The fraction of sp³-hybridized carbons (Fsp3) is 0.500. The zero-order valence-corrected chi connectivity index (χ0v) is 20.2. The second-order valence-electron chi connectivity index (χ2n) is 7.12. The number of hydrogen-bond donors (Lipinski definition) is 1. The van der Waals surface area contributed by atoms with Crippen molar-refractivity contribution in [2.45, 2.75) is 48.3 Å². The molecule has 0 atom stereocenters. The predicted molar refractivity (Wildman–Crippen MR) is 123 cm³/mol. The third kappa shape index (κ3) is 6.99. The standard InChI is InChI=1S/C20H26N4O5S3/c1-2-29-18(26)14-30-20-23-22-19(31-20)21-17(25)11-8-15-6-9-16(10-7-15)32(27,28)24-12-4-3-5-13-24/h6-7,9-10H,2-5,8,11-14H2,1H3,(H,21,22,25). The first-order chi connectivity index (χ1) is 15.4. The lowest BCUT2D eigenvalue weighted by molar-refractivity contribution is -0.139. The summed E-state index contributed by atoms with van der Waals surface area (Å²) in [6, 6.07) is 6.71. The fourth-order valence-electron chi connectivity index (χ4n) is 3.16. The van der Waals surface area contributed by atoms with Gasteiger partial charge >= 0.3 is 5.97 Å². The summed E-state index contributed by atoms with van der Waals surface area (Å²) < 4.78 is 32.4. The van der Waals surface area contributed by atoms with E-state index in [1.807, 2.05) is 0 Å². The molecule has 12 heteroatoms. The lowest BCUT2D eigenvalue weighted by Crippen LogP contribution is -2.35. The molecule has 1 aromatic carbocycles. The van der Waals surface area contributed by atoms with Crippen LogP contribution < -0.4 is 5.32 Å². The minimum absolute atomic E-state index is 0.139. The number of carbonyl (C=O) groups excluding carboxylic acids is 2. The van der Waals surface area contributed by atoms with Gasteiger partial charge in [0.1, 0.15) is 0 Å². The molecule has 0 radical (unpaired) electrons. The van der Waals surface area contributed by atoms with E-state index in [9.17, 15) is 18.0 Å². The van der Waals surface area contributed by atoms with Crippen molar-refractivity contribution in [3.05, 3.63) is 29.8 Å². The summed E-state index contributed by atoms with van der Waals surface area (Å²) in [5.74, 6) is -0.402. The lowest BCUT2D eigenvalue weighted by Gasteiger charge is -2.25. The Balaban J connectivity index is 1.46. The Morgan fingerprint density at radius 1 is 1.16 bits per heavy atom. The monoisotopic (exact) mass is 498 g/mol. The first kappa shape index (κ1) is 24.6. The van der Waals surface area contributed by atoms with Crippen LogP contribution in [0.15, 0.2) is 33.5 Å². The molecule has 9 nitrogen and oxygen atoms in total. The van der Waals surface area contributed by atoms with E-state index in [0.717, 1.165) is 24.8 Å². The van der Waals surface area contributed by atoms with Crippen LogP contribution >= 0.6 is 23.1 Å². The Morgan fingerprint density at radius 3 is 2.56 bits per heavy atom. The molecule has 174 valence electrons. The Hall–Kier alpha value is -2.02. The maximum absolute atomic E-state index is 12.7. The molecule has 0 saturated carbocycles. The van der Waals surface area contributed by atoms with Crippen molar-refractivity contribution in [2.75, 3.05) is 30.8 Å². The molecule has 0 bridgehead atoms. The summed E-state index contributed by atoms with van der Waals surface area (Å²) in [5.41, 5.74) is 0.876. The largest absolute Gasteiger partial charge is 0.465 e. The minimum Gasteiger partial charge on any atom is -0.465 e. The number of rotatable bonds is 10. The lowest BCUT2D eigenvalue weighted by atomic mass is 10.1. The third-order valence-electron chi connectivity index (χ3n) is 4.79. The Bertz CT molecular complexity index is 1020. The van der Waals surface area contributed by atoms with E-state index < -0.39 is 10.0 Å². The van der Waals surface area contributed by atoms with Crippen molar-refractivity contribution < 1.29 is 22.7 Å². The van der Waals surface area contributed by atoms with Crippen molar-refractivity contribution in [3.8, 4) is 0 Å². The smallest absolute Gasteiger partial charge is 0.316 e. The molecule has 1 aliphatic rings. The number of nitrogens with one attached hydrogen (secondary N) is 1. The van der Waals surface area contributed by atoms with E-state index in [-0.39, 0.29) is 28.9 Å². The van der Waals surface area contributed by atoms with Gasteiger partial charge in [-0.3, -0.25) is 9.59 Å². The van der Waals surface area contributed by atoms with Gasteiger partial charge in [0.25, 0.3) is 0 Å². The number of ether oxygens (including phenoxy) is 1. The molecule has 1 aromatic heterocycles. The topological polar surface area (TPSA) is 119 Å². The fourth-order valence-corrected chi connectivity index (χ4v) is 6.25. The molecule has 1 saturated heterocycles. The van der Waals surface area contributed by atoms with Crippen LogP contribution in [0, 0.1) is 0 Å². The number of carbonyl (C=O) groups is 2. The summed E-state index contributed by atoms with van der Waals surface area (Å²) in [5, 5.41) is 10.9. The predicted octanol–water partition coefficient (Wildman–Crippen LogP) is 2.94. The van der Waals surface area contributed by atoms with Gasteiger partial charge in [0.05, 0.1) is 17.3 Å². The highest BCUT2D eigenvalue weighted by molar-refractivity contribution is 8.01.